The van der Waals surface area contributed by atoms with Crippen LogP contribution in [0.1, 0.15) is 35.7 Å². The van der Waals surface area contributed by atoms with Gasteiger partial charge in [0.05, 0.1) is 37.4 Å². The summed E-state index contributed by atoms with van der Waals surface area (Å²) in [5, 5.41) is 8.44. The van der Waals surface area contributed by atoms with Gasteiger partial charge in [-0.25, -0.2) is 0 Å². The monoisotopic (exact) mass is 420 g/mol. The highest BCUT2D eigenvalue weighted by molar-refractivity contribution is 5.98. The van der Waals surface area contributed by atoms with Crippen LogP contribution >= 0.6 is 0 Å². The van der Waals surface area contributed by atoms with Crippen molar-refractivity contribution in [3.63, 3.8) is 0 Å². The number of aromatic nitrogens is 3. The van der Waals surface area contributed by atoms with Gasteiger partial charge in [0.2, 0.25) is 0 Å². The minimum Gasteiger partial charge on any atom is -0.497 e. The van der Waals surface area contributed by atoms with E-state index in [1.165, 1.54) is 4.80 Å². The fourth-order valence-electron chi connectivity index (χ4n) is 3.98. The van der Waals surface area contributed by atoms with Gasteiger partial charge in [-0.2, -0.15) is 15.0 Å². The summed E-state index contributed by atoms with van der Waals surface area (Å²) in [5.41, 5.74) is 2.35. The summed E-state index contributed by atoms with van der Waals surface area (Å²) in [6, 6.07) is 13.6. The fraction of sp³-hybridized carbons (Fsp3) is 0.375. The van der Waals surface area contributed by atoms with Gasteiger partial charge < -0.3 is 14.4 Å². The molecule has 1 aromatic heterocycles. The van der Waals surface area contributed by atoms with Crippen molar-refractivity contribution >= 4 is 5.91 Å². The van der Waals surface area contributed by atoms with E-state index in [-0.39, 0.29) is 17.9 Å². The summed E-state index contributed by atoms with van der Waals surface area (Å²) < 4.78 is 11.2. The van der Waals surface area contributed by atoms with Crippen LogP contribution in [0.5, 0.6) is 11.5 Å². The molecule has 31 heavy (non-hydrogen) atoms. The predicted octanol–water partition coefficient (Wildman–Crippen LogP) is 3.90. The second-order valence-corrected chi connectivity index (χ2v) is 8.08. The molecule has 0 N–H and O–H groups in total. The number of ether oxygens (including phenoxy) is 2. The first kappa shape index (κ1) is 20.9. The van der Waals surface area contributed by atoms with Crippen LogP contribution in [-0.4, -0.2) is 52.1 Å². The third kappa shape index (κ3) is 4.71. The lowest BCUT2D eigenvalue weighted by molar-refractivity contribution is 0.0505. The molecule has 0 bridgehead atoms. The lowest BCUT2D eigenvalue weighted by atomic mass is 9.93. The first-order valence-electron chi connectivity index (χ1n) is 10.6. The first-order valence-corrected chi connectivity index (χ1v) is 10.6. The maximum atomic E-state index is 13.6. The molecule has 4 rings (SSSR count). The van der Waals surface area contributed by atoms with Gasteiger partial charge in [-0.15, -0.1) is 0 Å². The molecule has 2 heterocycles. The maximum Gasteiger partial charge on any atom is 0.256 e. The Morgan fingerprint density at radius 2 is 1.77 bits per heavy atom. The van der Waals surface area contributed by atoms with Crippen LogP contribution in [-0.2, 0) is 0 Å². The second-order valence-electron chi connectivity index (χ2n) is 8.08. The van der Waals surface area contributed by atoms with Crippen molar-refractivity contribution in [2.45, 2.75) is 32.7 Å². The normalized spacial score (nSPS) is 18.6. The summed E-state index contributed by atoms with van der Waals surface area (Å²) in [6.07, 6.45) is 5.21. The standard InChI is InChI=1S/C24H28N4O3/c1-17-4-11-23(28-25-12-13-26-28)22(14-17)24(29)27-15-19(6-5-18(27)2)16-31-21-9-7-20(30-3)8-10-21/h4,7-14,18-19H,5-6,15-16H2,1-3H3/t18-,19-/m0/s1. The number of carbonyl (C=O) groups is 1. The molecule has 7 heteroatoms. The molecule has 1 fully saturated rings. The number of aryl methyl sites for hydroxylation is 1. The Labute approximate surface area is 182 Å². The van der Waals surface area contributed by atoms with E-state index in [1.807, 2.05) is 54.3 Å². The molecule has 0 unspecified atom stereocenters. The van der Waals surface area contributed by atoms with E-state index in [0.29, 0.717) is 24.4 Å². The van der Waals surface area contributed by atoms with Crippen LogP contribution in [0, 0.1) is 12.8 Å². The van der Waals surface area contributed by atoms with E-state index < -0.39 is 0 Å². The lowest BCUT2D eigenvalue weighted by Gasteiger charge is -2.38. The van der Waals surface area contributed by atoms with Gasteiger partial charge in [-0.1, -0.05) is 11.6 Å². The summed E-state index contributed by atoms with van der Waals surface area (Å²) in [6.45, 7) is 5.34. The van der Waals surface area contributed by atoms with Crippen molar-refractivity contribution in [1.29, 1.82) is 0 Å². The Morgan fingerprint density at radius 1 is 1.06 bits per heavy atom. The summed E-state index contributed by atoms with van der Waals surface area (Å²) in [5.74, 6) is 1.90. The van der Waals surface area contributed by atoms with E-state index in [9.17, 15) is 4.79 Å². The second kappa shape index (κ2) is 9.20. The van der Waals surface area contributed by atoms with Gasteiger partial charge in [-0.3, -0.25) is 4.79 Å². The molecule has 1 aliphatic rings. The number of likely N-dealkylation sites (tertiary alicyclic amines) is 1. The third-order valence-corrected chi connectivity index (χ3v) is 5.80. The van der Waals surface area contributed by atoms with Crippen LogP contribution < -0.4 is 9.47 Å². The van der Waals surface area contributed by atoms with Gasteiger partial charge in [0.25, 0.3) is 5.91 Å². The van der Waals surface area contributed by atoms with Crippen LogP contribution in [0.25, 0.3) is 5.69 Å². The molecule has 1 saturated heterocycles. The number of benzene rings is 2. The van der Waals surface area contributed by atoms with Gasteiger partial charge >= 0.3 is 0 Å². The molecular weight excluding hydrogens is 392 g/mol. The van der Waals surface area contributed by atoms with Crippen molar-refractivity contribution in [2.75, 3.05) is 20.3 Å². The smallest absolute Gasteiger partial charge is 0.256 e. The molecular formula is C24H28N4O3. The number of piperidine rings is 1. The molecule has 0 saturated carbocycles. The van der Waals surface area contributed by atoms with Crippen LogP contribution in [0.15, 0.2) is 54.9 Å². The van der Waals surface area contributed by atoms with Crippen molar-refractivity contribution in [2.24, 2.45) is 5.92 Å². The number of rotatable bonds is 6. The molecule has 1 aliphatic heterocycles. The average Bonchev–Trinajstić information content (AvgIpc) is 3.33. The zero-order chi connectivity index (χ0) is 21.8. The highest BCUT2D eigenvalue weighted by Crippen LogP contribution is 2.27. The number of carbonyl (C=O) groups excluding carboxylic acids is 1. The zero-order valence-corrected chi connectivity index (χ0v) is 18.2. The summed E-state index contributed by atoms with van der Waals surface area (Å²) in [7, 11) is 1.65. The highest BCUT2D eigenvalue weighted by atomic mass is 16.5. The molecule has 2 atom stereocenters. The first-order chi connectivity index (χ1) is 15.0. The Kier molecular flexibility index (Phi) is 6.21. The molecule has 3 aromatic rings. The molecule has 1 amide bonds. The Morgan fingerprint density at radius 3 is 2.48 bits per heavy atom. The van der Waals surface area contributed by atoms with Crippen molar-refractivity contribution in [3.8, 4) is 17.2 Å². The van der Waals surface area contributed by atoms with Crippen LogP contribution in [0.2, 0.25) is 0 Å². The quantitative estimate of drug-likeness (QED) is 0.605. The maximum absolute atomic E-state index is 13.6. The Balaban J connectivity index is 1.48. The Bertz CT molecular complexity index is 1020. The number of hydrogen-bond donors (Lipinski definition) is 0. The summed E-state index contributed by atoms with van der Waals surface area (Å²) >= 11 is 0. The minimum atomic E-state index is 0.0117. The summed E-state index contributed by atoms with van der Waals surface area (Å²) in [4.78, 5) is 17.0. The van der Waals surface area contributed by atoms with Crippen molar-refractivity contribution < 1.29 is 14.3 Å². The van der Waals surface area contributed by atoms with E-state index in [2.05, 4.69) is 17.1 Å². The molecule has 0 spiro atoms. The Hall–Kier alpha value is -3.35. The lowest BCUT2D eigenvalue weighted by Crippen LogP contribution is -2.47. The minimum absolute atomic E-state index is 0.0117. The van der Waals surface area contributed by atoms with Crippen LogP contribution in [0.3, 0.4) is 0 Å². The molecule has 2 aromatic carbocycles. The topological polar surface area (TPSA) is 69.5 Å². The third-order valence-electron chi connectivity index (χ3n) is 5.80. The number of amides is 1. The fourth-order valence-corrected chi connectivity index (χ4v) is 3.98. The number of hydrogen-bond acceptors (Lipinski definition) is 5. The van der Waals surface area contributed by atoms with E-state index in [4.69, 9.17) is 9.47 Å². The number of methoxy groups -OCH3 is 1. The van der Waals surface area contributed by atoms with Gasteiger partial charge in [0.1, 0.15) is 11.5 Å². The van der Waals surface area contributed by atoms with Gasteiger partial charge in [0.15, 0.2) is 0 Å². The number of nitrogens with zero attached hydrogens (tertiary/aromatic N) is 4. The van der Waals surface area contributed by atoms with Crippen LogP contribution in [0.4, 0.5) is 0 Å². The van der Waals surface area contributed by atoms with Crippen molar-refractivity contribution in [1.82, 2.24) is 19.9 Å². The average molecular weight is 421 g/mol. The highest BCUT2D eigenvalue weighted by Gasteiger charge is 2.31. The van der Waals surface area contributed by atoms with Gasteiger partial charge in [0, 0.05) is 18.5 Å². The van der Waals surface area contributed by atoms with Gasteiger partial charge in [-0.05, 0) is 63.1 Å². The largest absolute Gasteiger partial charge is 0.497 e. The predicted molar refractivity (Wildman–Crippen MR) is 118 cm³/mol. The SMILES string of the molecule is COc1ccc(OC[C@H]2CC[C@H](C)N(C(=O)c3cc(C)ccc3-n3nccn3)C2)cc1. The molecule has 0 radical (unpaired) electrons. The van der Waals surface area contributed by atoms with E-state index in [0.717, 1.165) is 29.9 Å². The van der Waals surface area contributed by atoms with E-state index >= 15 is 0 Å². The van der Waals surface area contributed by atoms with E-state index in [1.54, 1.807) is 19.5 Å². The molecule has 0 aliphatic carbocycles. The zero-order valence-electron chi connectivity index (χ0n) is 18.2. The molecule has 7 nitrogen and oxygen atoms in total. The van der Waals surface area contributed by atoms with Crippen molar-refractivity contribution in [3.05, 3.63) is 66.0 Å². The molecule has 162 valence electrons.